The van der Waals surface area contributed by atoms with Crippen molar-refractivity contribution in [3.8, 4) is 11.5 Å². The molecule has 2 amide bonds. The Morgan fingerprint density at radius 2 is 1.91 bits per heavy atom. The van der Waals surface area contributed by atoms with Gasteiger partial charge in [-0.05, 0) is 36.2 Å². The van der Waals surface area contributed by atoms with Gasteiger partial charge in [0.05, 0.1) is 0 Å². The number of urea groups is 1. The Morgan fingerprint density at radius 3 is 2.74 bits per heavy atom. The largest absolute Gasteiger partial charge is 0.454 e. The van der Waals surface area contributed by atoms with E-state index in [4.69, 9.17) is 32.7 Å². The molecule has 0 fully saturated rings. The first-order valence-electron chi connectivity index (χ1n) is 7.00. The van der Waals surface area contributed by atoms with E-state index in [-0.39, 0.29) is 12.8 Å². The molecular weight excluding hydrogens is 339 g/mol. The van der Waals surface area contributed by atoms with Crippen LogP contribution < -0.4 is 20.1 Å². The van der Waals surface area contributed by atoms with Crippen LogP contribution in [-0.2, 0) is 6.42 Å². The van der Waals surface area contributed by atoms with E-state index in [1.807, 2.05) is 6.07 Å². The standard InChI is InChI=1S/C16H14Cl2N2O3/c17-11-2-1-10(13(18)7-11)5-6-19-16(21)20-12-3-4-14-15(8-12)23-9-22-14/h1-4,7-8H,5-6,9H2,(H2,19,20,21). The summed E-state index contributed by atoms with van der Waals surface area (Å²) in [4.78, 5) is 11.9. The fraction of sp³-hybridized carbons (Fsp3) is 0.188. The quantitative estimate of drug-likeness (QED) is 0.871. The SMILES string of the molecule is O=C(NCCc1ccc(Cl)cc1Cl)Nc1ccc2c(c1)OCO2. The first-order valence-corrected chi connectivity index (χ1v) is 7.76. The van der Waals surface area contributed by atoms with Crippen molar-refractivity contribution in [1.82, 2.24) is 5.32 Å². The molecule has 5 nitrogen and oxygen atoms in total. The van der Waals surface area contributed by atoms with Crippen LogP contribution >= 0.6 is 23.2 Å². The van der Waals surface area contributed by atoms with Crippen molar-refractivity contribution < 1.29 is 14.3 Å². The number of rotatable bonds is 4. The third-order valence-corrected chi connectivity index (χ3v) is 3.91. The maximum Gasteiger partial charge on any atom is 0.319 e. The monoisotopic (exact) mass is 352 g/mol. The van der Waals surface area contributed by atoms with E-state index in [1.54, 1.807) is 30.3 Å². The zero-order chi connectivity index (χ0) is 16.2. The number of halogens is 2. The number of ether oxygens (including phenoxy) is 2. The smallest absolute Gasteiger partial charge is 0.319 e. The average Bonchev–Trinajstić information content (AvgIpc) is 2.97. The number of nitrogens with one attached hydrogen (secondary N) is 2. The number of anilines is 1. The molecule has 3 rings (SSSR count). The molecule has 0 bridgehead atoms. The summed E-state index contributed by atoms with van der Waals surface area (Å²) in [6.45, 7) is 0.657. The van der Waals surface area contributed by atoms with E-state index in [9.17, 15) is 4.79 Å². The van der Waals surface area contributed by atoms with Gasteiger partial charge in [0.25, 0.3) is 0 Å². The first-order chi connectivity index (χ1) is 11.1. The van der Waals surface area contributed by atoms with Crippen molar-refractivity contribution in [3.63, 3.8) is 0 Å². The maximum atomic E-state index is 11.9. The van der Waals surface area contributed by atoms with Gasteiger partial charge >= 0.3 is 6.03 Å². The zero-order valence-corrected chi connectivity index (χ0v) is 13.6. The van der Waals surface area contributed by atoms with Crippen LogP contribution in [0.1, 0.15) is 5.56 Å². The van der Waals surface area contributed by atoms with E-state index in [0.29, 0.717) is 40.2 Å². The zero-order valence-electron chi connectivity index (χ0n) is 12.1. The molecule has 1 aliphatic heterocycles. The van der Waals surface area contributed by atoms with Crippen molar-refractivity contribution in [1.29, 1.82) is 0 Å². The van der Waals surface area contributed by atoms with Gasteiger partial charge in [-0.2, -0.15) is 0 Å². The fourth-order valence-corrected chi connectivity index (χ4v) is 2.69. The van der Waals surface area contributed by atoms with Gasteiger partial charge in [0.1, 0.15) is 0 Å². The summed E-state index contributed by atoms with van der Waals surface area (Å²) in [5, 5.41) is 6.70. The number of benzene rings is 2. The molecule has 0 atom stereocenters. The van der Waals surface area contributed by atoms with Gasteiger partial charge in [-0.3, -0.25) is 0 Å². The summed E-state index contributed by atoms with van der Waals surface area (Å²) in [5.41, 5.74) is 1.57. The van der Waals surface area contributed by atoms with E-state index in [1.165, 1.54) is 0 Å². The first kappa shape index (κ1) is 15.8. The molecule has 0 saturated heterocycles. The molecular formula is C16H14Cl2N2O3. The van der Waals surface area contributed by atoms with Gasteiger partial charge in [-0.25, -0.2) is 4.79 Å². The van der Waals surface area contributed by atoms with Gasteiger partial charge in [-0.15, -0.1) is 0 Å². The summed E-state index contributed by atoms with van der Waals surface area (Å²) in [6, 6.07) is 10.2. The van der Waals surface area contributed by atoms with Gasteiger partial charge in [0.15, 0.2) is 11.5 Å². The molecule has 0 unspecified atom stereocenters. The number of fused-ring (bicyclic) bond motifs is 1. The Kier molecular flexibility index (Phi) is 4.79. The summed E-state index contributed by atoms with van der Waals surface area (Å²) in [5.74, 6) is 1.30. The Bertz CT molecular complexity index is 737. The lowest BCUT2D eigenvalue weighted by Gasteiger charge is -2.09. The number of hydrogen-bond acceptors (Lipinski definition) is 3. The van der Waals surface area contributed by atoms with Crippen LogP contribution in [0.2, 0.25) is 10.0 Å². The van der Waals surface area contributed by atoms with Crippen LogP contribution in [0.5, 0.6) is 11.5 Å². The van der Waals surface area contributed by atoms with E-state index in [2.05, 4.69) is 10.6 Å². The van der Waals surface area contributed by atoms with E-state index in [0.717, 1.165) is 5.56 Å². The molecule has 0 radical (unpaired) electrons. The molecule has 2 aromatic rings. The van der Waals surface area contributed by atoms with Crippen LogP contribution in [-0.4, -0.2) is 19.4 Å². The van der Waals surface area contributed by atoms with Crippen molar-refractivity contribution >= 4 is 34.9 Å². The van der Waals surface area contributed by atoms with Crippen molar-refractivity contribution in [2.24, 2.45) is 0 Å². The molecule has 0 saturated carbocycles. The minimum absolute atomic E-state index is 0.201. The fourth-order valence-electron chi connectivity index (χ4n) is 2.18. The highest BCUT2D eigenvalue weighted by Gasteiger charge is 2.14. The van der Waals surface area contributed by atoms with Crippen molar-refractivity contribution in [3.05, 3.63) is 52.0 Å². The third kappa shape index (κ3) is 4.00. The predicted molar refractivity (Wildman–Crippen MR) is 89.8 cm³/mol. The molecule has 120 valence electrons. The van der Waals surface area contributed by atoms with Crippen LogP contribution in [0.15, 0.2) is 36.4 Å². The lowest BCUT2D eigenvalue weighted by molar-refractivity contribution is 0.174. The van der Waals surface area contributed by atoms with Crippen molar-refractivity contribution in [2.75, 3.05) is 18.7 Å². The molecule has 0 aliphatic carbocycles. The van der Waals surface area contributed by atoms with Gasteiger partial charge in [0.2, 0.25) is 6.79 Å². The number of carbonyl (C=O) groups is 1. The summed E-state index contributed by atoms with van der Waals surface area (Å²) in [6.07, 6.45) is 0.616. The lowest BCUT2D eigenvalue weighted by atomic mass is 10.1. The summed E-state index contributed by atoms with van der Waals surface area (Å²) >= 11 is 11.9. The lowest BCUT2D eigenvalue weighted by Crippen LogP contribution is -2.30. The second-order valence-electron chi connectivity index (χ2n) is 4.93. The number of hydrogen-bond donors (Lipinski definition) is 2. The van der Waals surface area contributed by atoms with E-state index >= 15 is 0 Å². The highest BCUT2D eigenvalue weighted by atomic mass is 35.5. The van der Waals surface area contributed by atoms with Crippen molar-refractivity contribution in [2.45, 2.75) is 6.42 Å². The van der Waals surface area contributed by atoms with Gasteiger partial charge < -0.3 is 20.1 Å². The van der Waals surface area contributed by atoms with Crippen LogP contribution in [0, 0.1) is 0 Å². The summed E-state index contributed by atoms with van der Waals surface area (Å²) in [7, 11) is 0. The molecule has 2 aromatic carbocycles. The normalized spacial score (nSPS) is 12.1. The highest BCUT2D eigenvalue weighted by Crippen LogP contribution is 2.34. The topological polar surface area (TPSA) is 59.6 Å². The molecule has 1 aliphatic rings. The van der Waals surface area contributed by atoms with Crippen LogP contribution in [0.3, 0.4) is 0 Å². The molecule has 2 N–H and O–H groups in total. The van der Waals surface area contributed by atoms with Crippen LogP contribution in [0.25, 0.3) is 0 Å². The summed E-state index contributed by atoms with van der Waals surface area (Å²) < 4.78 is 10.5. The Hall–Kier alpha value is -2.11. The minimum atomic E-state index is -0.297. The molecule has 0 aromatic heterocycles. The molecule has 1 heterocycles. The second-order valence-corrected chi connectivity index (χ2v) is 5.78. The Labute approximate surface area is 143 Å². The molecule has 23 heavy (non-hydrogen) atoms. The third-order valence-electron chi connectivity index (χ3n) is 3.33. The number of amides is 2. The Morgan fingerprint density at radius 1 is 1.09 bits per heavy atom. The molecule has 0 spiro atoms. The average molecular weight is 353 g/mol. The Balaban J connectivity index is 1.50. The second kappa shape index (κ2) is 6.98. The highest BCUT2D eigenvalue weighted by molar-refractivity contribution is 6.35. The number of carbonyl (C=O) groups excluding carboxylic acids is 1. The predicted octanol–water partition coefficient (Wildman–Crippen LogP) is 4.09. The van der Waals surface area contributed by atoms with Gasteiger partial charge in [-0.1, -0.05) is 29.3 Å². The molecule has 7 heteroatoms. The van der Waals surface area contributed by atoms with Crippen LogP contribution in [0.4, 0.5) is 10.5 Å². The maximum absolute atomic E-state index is 11.9. The van der Waals surface area contributed by atoms with Gasteiger partial charge in [0, 0.05) is 28.3 Å². The van der Waals surface area contributed by atoms with E-state index < -0.39 is 0 Å². The minimum Gasteiger partial charge on any atom is -0.454 e.